The number of rotatable bonds is 5. The molecule has 1 aromatic carbocycles. The Kier molecular flexibility index (Phi) is 6.38. The van der Waals surface area contributed by atoms with Gasteiger partial charge in [-0.05, 0) is 24.5 Å². The number of aromatic nitrogens is 5. The number of hydrogen-bond donors (Lipinski definition) is 2. The topological polar surface area (TPSA) is 133 Å². The zero-order valence-corrected chi connectivity index (χ0v) is 21.8. The van der Waals surface area contributed by atoms with Crippen molar-refractivity contribution in [3.8, 4) is 23.1 Å². The number of fused-ring (bicyclic) bond motifs is 1. The number of aryl methyl sites for hydroxylation is 1. The van der Waals surface area contributed by atoms with Crippen LogP contribution < -0.4 is 5.32 Å². The molecule has 4 aromatic rings. The van der Waals surface area contributed by atoms with Gasteiger partial charge in [-0.15, -0.1) is 0 Å². The number of aromatic amines is 1. The van der Waals surface area contributed by atoms with E-state index >= 15 is 0 Å². The molecular formula is C27H26F2N8O2. The molecule has 1 aliphatic rings. The molecule has 0 bridgehead atoms. The zero-order chi connectivity index (χ0) is 28.1. The quantitative estimate of drug-likeness (QED) is 0.404. The third kappa shape index (κ3) is 4.95. The Hall–Kier alpha value is -4.66. The zero-order valence-electron chi connectivity index (χ0n) is 21.8. The van der Waals surface area contributed by atoms with E-state index in [1.165, 1.54) is 29.1 Å². The molecule has 2 amide bonds. The highest BCUT2D eigenvalue weighted by Crippen LogP contribution is 2.27. The van der Waals surface area contributed by atoms with E-state index in [1.807, 2.05) is 20.8 Å². The molecule has 0 unspecified atom stereocenters. The summed E-state index contributed by atoms with van der Waals surface area (Å²) in [6.07, 6.45) is 4.54. The summed E-state index contributed by atoms with van der Waals surface area (Å²) in [5.74, 6) is -1.90. The van der Waals surface area contributed by atoms with Gasteiger partial charge in [-0.1, -0.05) is 20.8 Å². The molecule has 10 nitrogen and oxygen atoms in total. The van der Waals surface area contributed by atoms with Gasteiger partial charge in [-0.25, -0.2) is 23.7 Å². The van der Waals surface area contributed by atoms with Crippen LogP contribution in [0.4, 0.5) is 8.78 Å². The fourth-order valence-corrected chi connectivity index (χ4v) is 4.50. The maximum atomic E-state index is 13.8. The predicted octanol–water partition coefficient (Wildman–Crippen LogP) is 3.52. The molecule has 1 saturated heterocycles. The summed E-state index contributed by atoms with van der Waals surface area (Å²) in [7, 11) is 0. The number of H-pyrrole nitrogens is 1. The van der Waals surface area contributed by atoms with Crippen LogP contribution in [-0.2, 0) is 4.79 Å². The highest BCUT2D eigenvalue weighted by Gasteiger charge is 2.40. The lowest BCUT2D eigenvalue weighted by molar-refractivity contribution is -0.141. The van der Waals surface area contributed by atoms with Crippen molar-refractivity contribution in [2.24, 2.45) is 11.3 Å². The number of carbonyl (C=O) groups is 2. The van der Waals surface area contributed by atoms with Crippen molar-refractivity contribution in [2.75, 3.05) is 13.1 Å². The molecule has 4 heterocycles. The molecule has 1 atom stereocenters. The molecule has 39 heavy (non-hydrogen) atoms. The average Bonchev–Trinajstić information content (AvgIpc) is 3.43. The van der Waals surface area contributed by atoms with Crippen LogP contribution in [0.3, 0.4) is 0 Å². The Bertz CT molecular complexity index is 1620. The van der Waals surface area contributed by atoms with Gasteiger partial charge in [0.2, 0.25) is 5.91 Å². The Labute approximate surface area is 222 Å². The molecule has 200 valence electrons. The maximum Gasteiger partial charge on any atom is 0.255 e. The summed E-state index contributed by atoms with van der Waals surface area (Å²) < 4.78 is 29.1. The highest BCUT2D eigenvalue weighted by molar-refractivity contribution is 6.06. The lowest BCUT2D eigenvalue weighted by Gasteiger charge is -2.41. The highest BCUT2D eigenvalue weighted by atomic mass is 19.1. The number of benzene rings is 1. The number of nitriles is 1. The van der Waals surface area contributed by atoms with Crippen molar-refractivity contribution in [1.82, 2.24) is 34.7 Å². The third-order valence-electron chi connectivity index (χ3n) is 6.66. The first-order valence-corrected chi connectivity index (χ1v) is 12.3. The van der Waals surface area contributed by atoms with Crippen molar-refractivity contribution in [2.45, 2.75) is 33.7 Å². The summed E-state index contributed by atoms with van der Waals surface area (Å²) in [6, 6.07) is 4.50. The largest absolute Gasteiger partial charge is 0.344 e. The number of carbonyl (C=O) groups excluding carboxylic acids is 2. The van der Waals surface area contributed by atoms with Crippen LogP contribution in [0, 0.1) is 41.2 Å². The van der Waals surface area contributed by atoms with Crippen LogP contribution >= 0.6 is 0 Å². The molecule has 3 aromatic heterocycles. The molecule has 0 saturated carbocycles. The van der Waals surface area contributed by atoms with Gasteiger partial charge in [0, 0.05) is 31.5 Å². The molecule has 12 heteroatoms. The van der Waals surface area contributed by atoms with E-state index in [1.54, 1.807) is 18.0 Å². The molecule has 0 radical (unpaired) electrons. The number of nitrogens with one attached hydrogen (secondary N) is 2. The van der Waals surface area contributed by atoms with Gasteiger partial charge in [-0.2, -0.15) is 5.26 Å². The summed E-state index contributed by atoms with van der Waals surface area (Å²) in [5.41, 5.74) is 1.26. The van der Waals surface area contributed by atoms with Gasteiger partial charge in [0.1, 0.15) is 40.4 Å². The van der Waals surface area contributed by atoms with E-state index in [2.05, 4.69) is 31.3 Å². The van der Waals surface area contributed by atoms with Gasteiger partial charge in [-0.3, -0.25) is 9.59 Å². The Balaban J connectivity index is 1.44. The average molecular weight is 533 g/mol. The van der Waals surface area contributed by atoms with E-state index in [4.69, 9.17) is 5.26 Å². The second-order valence-electron chi connectivity index (χ2n) is 10.7. The minimum atomic E-state index is -0.823. The van der Waals surface area contributed by atoms with Crippen molar-refractivity contribution >= 4 is 23.0 Å². The van der Waals surface area contributed by atoms with Crippen LogP contribution in [-0.4, -0.2) is 60.3 Å². The first-order chi connectivity index (χ1) is 18.4. The standard InChI is InChI=1S/C27H26F2N8O2/c1-14-33-21(13-37(14)18-6-16(28)5-17(29)7-18)20-10-32-24-22(34-20)19(9-31-24)25(38)35-23(27(2,3)4)26(39)36-11-15(8-30)12-36/h5-7,9-10,13,15,23H,11-12H2,1-4H3,(H,31,32)(H,35,38)/t23-/m0/s1. The van der Waals surface area contributed by atoms with Gasteiger partial charge in [0.25, 0.3) is 5.91 Å². The van der Waals surface area contributed by atoms with Crippen LogP contribution in [0.1, 0.15) is 37.0 Å². The first-order valence-electron chi connectivity index (χ1n) is 12.3. The number of halogens is 2. The van der Waals surface area contributed by atoms with Gasteiger partial charge < -0.3 is 19.8 Å². The molecule has 0 spiro atoms. The maximum absolute atomic E-state index is 13.8. The van der Waals surface area contributed by atoms with Crippen LogP contribution in [0.2, 0.25) is 0 Å². The van der Waals surface area contributed by atoms with Crippen LogP contribution in [0.5, 0.6) is 0 Å². The third-order valence-corrected chi connectivity index (χ3v) is 6.66. The van der Waals surface area contributed by atoms with Gasteiger partial charge in [0.15, 0.2) is 5.65 Å². The molecule has 2 N–H and O–H groups in total. The summed E-state index contributed by atoms with van der Waals surface area (Å²) in [6.45, 7) is 7.94. The SMILES string of the molecule is Cc1nc(-c2cnc3[nH]cc(C(=O)N[C@@H](C(=O)N4CC(C#N)C4)C(C)(C)C)c3n2)cn1-c1cc(F)cc(F)c1. The first kappa shape index (κ1) is 26.0. The van der Waals surface area contributed by atoms with Crippen molar-refractivity contribution < 1.29 is 18.4 Å². The fraction of sp³-hybridized carbons (Fsp3) is 0.333. The van der Waals surface area contributed by atoms with Gasteiger partial charge >= 0.3 is 0 Å². The lowest BCUT2D eigenvalue weighted by Crippen LogP contribution is -2.60. The second-order valence-corrected chi connectivity index (χ2v) is 10.7. The Morgan fingerprint density at radius 1 is 1.15 bits per heavy atom. The Morgan fingerprint density at radius 3 is 2.49 bits per heavy atom. The molecular weight excluding hydrogens is 506 g/mol. The minimum Gasteiger partial charge on any atom is -0.344 e. The lowest BCUT2D eigenvalue weighted by atomic mass is 9.84. The second kappa shape index (κ2) is 9.58. The number of amides is 2. The predicted molar refractivity (Wildman–Crippen MR) is 137 cm³/mol. The smallest absolute Gasteiger partial charge is 0.255 e. The number of imidazole rings is 1. The fourth-order valence-electron chi connectivity index (χ4n) is 4.50. The number of likely N-dealkylation sites (tertiary alicyclic amines) is 1. The molecule has 1 fully saturated rings. The van der Waals surface area contributed by atoms with Crippen molar-refractivity contribution in [3.63, 3.8) is 0 Å². The monoisotopic (exact) mass is 532 g/mol. The van der Waals surface area contributed by atoms with Crippen LogP contribution in [0.15, 0.2) is 36.8 Å². The van der Waals surface area contributed by atoms with Gasteiger partial charge in [0.05, 0.1) is 29.4 Å². The minimum absolute atomic E-state index is 0.195. The van der Waals surface area contributed by atoms with E-state index in [0.717, 1.165) is 6.07 Å². The summed E-state index contributed by atoms with van der Waals surface area (Å²) in [4.78, 5) is 44.4. The van der Waals surface area contributed by atoms with Crippen LogP contribution in [0.25, 0.3) is 28.2 Å². The van der Waals surface area contributed by atoms with E-state index in [9.17, 15) is 18.4 Å². The normalized spacial score (nSPS) is 14.6. The van der Waals surface area contributed by atoms with E-state index in [-0.39, 0.29) is 28.6 Å². The molecule has 5 rings (SSSR count). The summed E-state index contributed by atoms with van der Waals surface area (Å²) >= 11 is 0. The molecule has 1 aliphatic heterocycles. The summed E-state index contributed by atoms with van der Waals surface area (Å²) in [5, 5.41) is 11.9. The number of nitrogens with zero attached hydrogens (tertiary/aromatic N) is 6. The van der Waals surface area contributed by atoms with Crippen molar-refractivity contribution in [3.05, 3.63) is 59.8 Å². The van der Waals surface area contributed by atoms with Crippen molar-refractivity contribution in [1.29, 1.82) is 5.26 Å². The van der Waals surface area contributed by atoms with E-state index < -0.39 is 29.0 Å². The Morgan fingerprint density at radius 2 is 1.85 bits per heavy atom. The number of hydrogen-bond acceptors (Lipinski definition) is 6. The van der Waals surface area contributed by atoms with E-state index in [0.29, 0.717) is 35.9 Å². The molecule has 0 aliphatic carbocycles.